The minimum absolute atomic E-state index is 0.164. The number of carbonyl (C=O) groups is 3. The van der Waals surface area contributed by atoms with Crippen LogP contribution in [0.2, 0.25) is 0 Å². The van der Waals surface area contributed by atoms with E-state index >= 15 is 0 Å². The van der Waals surface area contributed by atoms with E-state index in [-0.39, 0.29) is 30.2 Å². The molecular weight excluding hydrogens is 570 g/mol. The molecule has 3 unspecified atom stereocenters. The van der Waals surface area contributed by atoms with Gasteiger partial charge in [0.2, 0.25) is 17.5 Å². The number of H-pyrrole nitrogens is 1. The Morgan fingerprint density at radius 2 is 1.96 bits per heavy atom. The number of likely N-dealkylation sites (N-methyl/N-ethyl adjacent to an activating group) is 1. The van der Waals surface area contributed by atoms with Gasteiger partial charge in [0.1, 0.15) is 12.1 Å². The second-order valence-electron chi connectivity index (χ2n) is 14.0. The lowest BCUT2D eigenvalue weighted by Gasteiger charge is -2.48. The molecule has 0 saturated carbocycles. The molecule has 3 aromatic rings. The number of piperidine rings is 1. The quantitative estimate of drug-likeness (QED) is 0.409. The van der Waals surface area contributed by atoms with Gasteiger partial charge in [-0.2, -0.15) is 0 Å². The molecule has 4 fully saturated rings. The Morgan fingerprint density at radius 1 is 1.16 bits per heavy atom. The summed E-state index contributed by atoms with van der Waals surface area (Å²) in [5.41, 5.74) is 2.75. The Morgan fingerprint density at radius 3 is 2.73 bits per heavy atom. The van der Waals surface area contributed by atoms with Crippen LogP contribution in [0.5, 0.6) is 0 Å². The van der Waals surface area contributed by atoms with Gasteiger partial charge in [-0.25, -0.2) is 0 Å². The Kier molecular flexibility index (Phi) is 6.47. The molecule has 8 rings (SSSR count). The number of rotatable bonds is 5. The Labute approximate surface area is 262 Å². The normalized spacial score (nSPS) is 34.3. The standard InChI is InChI=1S/C35H41N5O5/c1-20(2)34(37-31(41)23-16-25-24-11-7-12-26-30(24)22(18-36-26)17-27(25)38(3)19-23)33(43)40-28(15-21-9-5-4-6-10-21)32(42)39-14-8-13-29(39)35(40,44)45-34/h4-7,9-12,18,20,23,25,27-29,36,44H,8,13-17,19H2,1-3H3,(H,37,41)/t23-,25?,27-,28?,29+,34-,35?/m1/s1. The highest BCUT2D eigenvalue weighted by Gasteiger charge is 2.72. The molecule has 2 aromatic carbocycles. The first-order valence-electron chi connectivity index (χ1n) is 16.3. The number of nitrogens with one attached hydrogen (secondary N) is 2. The lowest BCUT2D eigenvalue weighted by molar-refractivity contribution is -0.321. The largest absolute Gasteiger partial charge is 0.361 e. The number of ether oxygens (including phenoxy) is 1. The summed E-state index contributed by atoms with van der Waals surface area (Å²) in [6.07, 6.45) is 5.12. The summed E-state index contributed by atoms with van der Waals surface area (Å²) in [7, 11) is 2.07. The third-order valence-corrected chi connectivity index (χ3v) is 11.2. The maximum absolute atomic E-state index is 14.6. The molecule has 3 N–H and O–H groups in total. The SMILES string of the molecule is CC(C)[C@@]1(NC(=O)[C@@H]2CC3c4cccc5[nH]cc(c45)C[C@H]3N(C)C2)OC2(O)[C@@H]3CCCN3C(=O)C(Cc3ccccc3)N2C1=O. The third-order valence-electron chi connectivity index (χ3n) is 11.2. The molecule has 45 heavy (non-hydrogen) atoms. The first-order chi connectivity index (χ1) is 21.6. The predicted octanol–water partition coefficient (Wildman–Crippen LogP) is 2.72. The van der Waals surface area contributed by atoms with Crippen molar-refractivity contribution in [1.82, 2.24) is 25.0 Å². The van der Waals surface area contributed by atoms with Crippen molar-refractivity contribution in [2.75, 3.05) is 20.1 Å². The summed E-state index contributed by atoms with van der Waals surface area (Å²) in [6, 6.07) is 14.5. The number of hydrogen-bond donors (Lipinski definition) is 3. The number of piperazine rings is 1. The van der Waals surface area contributed by atoms with E-state index in [2.05, 4.69) is 46.6 Å². The lowest BCUT2D eigenvalue weighted by Crippen LogP contribution is -2.71. The van der Waals surface area contributed by atoms with Gasteiger partial charge in [-0.05, 0) is 55.5 Å². The van der Waals surface area contributed by atoms with Gasteiger partial charge in [0.25, 0.3) is 11.8 Å². The number of likely N-dealkylation sites (tertiary alicyclic amines) is 1. The van der Waals surface area contributed by atoms with Crippen LogP contribution in [0, 0.1) is 11.8 Å². The summed E-state index contributed by atoms with van der Waals surface area (Å²) in [6.45, 7) is 4.68. The van der Waals surface area contributed by atoms with Crippen LogP contribution in [-0.4, -0.2) is 92.4 Å². The van der Waals surface area contributed by atoms with E-state index in [0.717, 1.165) is 17.5 Å². The fraction of sp³-hybridized carbons (Fsp3) is 0.514. The van der Waals surface area contributed by atoms with Gasteiger partial charge >= 0.3 is 0 Å². The molecule has 10 heteroatoms. The molecule has 0 bridgehead atoms. The van der Waals surface area contributed by atoms with Crippen molar-refractivity contribution in [3.05, 3.63) is 71.4 Å². The average Bonchev–Trinajstić information content (AvgIpc) is 3.74. The number of amides is 3. The van der Waals surface area contributed by atoms with E-state index < -0.39 is 41.5 Å². The van der Waals surface area contributed by atoms with E-state index in [4.69, 9.17) is 4.74 Å². The smallest absolute Gasteiger partial charge is 0.281 e. The molecule has 5 heterocycles. The van der Waals surface area contributed by atoms with E-state index in [1.165, 1.54) is 21.4 Å². The molecule has 3 amide bonds. The first kappa shape index (κ1) is 28.7. The molecular formula is C35H41N5O5. The van der Waals surface area contributed by atoms with Crippen molar-refractivity contribution >= 4 is 28.6 Å². The number of carbonyl (C=O) groups excluding carboxylic acids is 3. The van der Waals surface area contributed by atoms with Gasteiger partial charge in [-0.15, -0.1) is 0 Å². The maximum Gasteiger partial charge on any atom is 0.281 e. The fourth-order valence-electron chi connectivity index (χ4n) is 8.99. The molecule has 5 aliphatic rings. The van der Waals surface area contributed by atoms with E-state index in [1.807, 2.05) is 44.2 Å². The molecule has 7 atom stereocenters. The molecule has 0 radical (unpaired) electrons. The molecule has 4 saturated heterocycles. The van der Waals surface area contributed by atoms with Crippen molar-refractivity contribution in [1.29, 1.82) is 0 Å². The number of hydrogen-bond acceptors (Lipinski definition) is 6. The summed E-state index contributed by atoms with van der Waals surface area (Å²) >= 11 is 0. The van der Waals surface area contributed by atoms with E-state index in [0.29, 0.717) is 32.4 Å². The van der Waals surface area contributed by atoms with Crippen molar-refractivity contribution in [2.24, 2.45) is 11.8 Å². The van der Waals surface area contributed by atoms with Gasteiger partial charge < -0.3 is 25.2 Å². The number of aromatic nitrogens is 1. The summed E-state index contributed by atoms with van der Waals surface area (Å²) in [5, 5.41) is 16.6. The number of aromatic amines is 1. The highest BCUT2D eigenvalue weighted by atomic mass is 16.7. The molecule has 4 aliphatic heterocycles. The lowest BCUT2D eigenvalue weighted by atomic mass is 9.72. The predicted molar refractivity (Wildman–Crippen MR) is 167 cm³/mol. The Hall–Kier alpha value is -3.73. The van der Waals surface area contributed by atoms with Crippen LogP contribution in [0.4, 0.5) is 0 Å². The van der Waals surface area contributed by atoms with Crippen LogP contribution < -0.4 is 5.32 Å². The zero-order valence-corrected chi connectivity index (χ0v) is 26.0. The Bertz CT molecular complexity index is 1690. The van der Waals surface area contributed by atoms with Crippen LogP contribution in [-0.2, 0) is 32.0 Å². The minimum Gasteiger partial charge on any atom is -0.361 e. The maximum atomic E-state index is 14.6. The van der Waals surface area contributed by atoms with Gasteiger partial charge in [-0.3, -0.25) is 24.0 Å². The minimum atomic E-state index is -2.04. The zero-order valence-electron chi connectivity index (χ0n) is 26.0. The van der Waals surface area contributed by atoms with Crippen molar-refractivity contribution in [3.63, 3.8) is 0 Å². The fourth-order valence-corrected chi connectivity index (χ4v) is 8.99. The first-order valence-corrected chi connectivity index (χ1v) is 16.3. The summed E-state index contributed by atoms with van der Waals surface area (Å²) < 4.78 is 6.51. The van der Waals surface area contributed by atoms with Crippen molar-refractivity contribution in [3.8, 4) is 0 Å². The summed E-state index contributed by atoms with van der Waals surface area (Å²) in [4.78, 5) is 51.4. The topological polar surface area (TPSA) is 118 Å². The zero-order chi connectivity index (χ0) is 31.2. The molecule has 0 spiro atoms. The second-order valence-corrected chi connectivity index (χ2v) is 14.0. The second kappa shape index (κ2) is 10.1. The van der Waals surface area contributed by atoms with Gasteiger partial charge in [-0.1, -0.05) is 56.3 Å². The van der Waals surface area contributed by atoms with Crippen LogP contribution >= 0.6 is 0 Å². The van der Waals surface area contributed by atoms with Crippen LogP contribution in [0.1, 0.15) is 55.7 Å². The van der Waals surface area contributed by atoms with Gasteiger partial charge in [0.15, 0.2) is 0 Å². The highest BCUT2D eigenvalue weighted by molar-refractivity contribution is 5.98. The summed E-state index contributed by atoms with van der Waals surface area (Å²) in [5.74, 6) is -3.80. The molecule has 236 valence electrons. The van der Waals surface area contributed by atoms with Crippen LogP contribution in [0.15, 0.2) is 54.7 Å². The monoisotopic (exact) mass is 611 g/mol. The van der Waals surface area contributed by atoms with E-state index in [1.54, 1.807) is 4.90 Å². The third kappa shape index (κ3) is 4.08. The number of fused-ring (bicyclic) bond motifs is 5. The highest BCUT2D eigenvalue weighted by Crippen LogP contribution is 2.49. The van der Waals surface area contributed by atoms with Gasteiger partial charge in [0.05, 0.1) is 5.92 Å². The number of nitrogens with zero attached hydrogens (tertiary/aromatic N) is 3. The number of aliphatic hydroxyl groups is 1. The van der Waals surface area contributed by atoms with Crippen LogP contribution in [0.25, 0.3) is 10.9 Å². The average molecular weight is 612 g/mol. The van der Waals surface area contributed by atoms with Crippen molar-refractivity contribution < 1.29 is 24.2 Å². The molecule has 10 nitrogen and oxygen atoms in total. The van der Waals surface area contributed by atoms with E-state index in [9.17, 15) is 19.5 Å². The molecule has 1 aliphatic carbocycles. The van der Waals surface area contributed by atoms with Gasteiger partial charge in [0, 0.05) is 54.5 Å². The Balaban J connectivity index is 1.12. The number of benzene rings is 2. The molecule has 1 aromatic heterocycles. The van der Waals surface area contributed by atoms with Crippen molar-refractivity contribution in [2.45, 2.75) is 81.6 Å². The van der Waals surface area contributed by atoms with Crippen LogP contribution in [0.3, 0.4) is 0 Å².